The standard InChI is InChI=1S/C20H17Cl2N3O5/c1-3-29-19(27)11(2)30-17-14(21)8-12(9-15(17)22)10-23-25-18(26)13-6-4-5-7-16(13)24-20(25)28/h4-11H,3H2,1-2H3,(H,24,28). The molecule has 0 aliphatic heterocycles. The minimum Gasteiger partial charge on any atom is -0.476 e. The number of aromatic nitrogens is 2. The molecule has 0 saturated carbocycles. The van der Waals surface area contributed by atoms with E-state index in [-0.39, 0.29) is 22.4 Å². The van der Waals surface area contributed by atoms with Crippen molar-refractivity contribution in [2.75, 3.05) is 6.61 Å². The third-order valence-electron chi connectivity index (χ3n) is 4.04. The molecule has 0 radical (unpaired) electrons. The zero-order chi connectivity index (χ0) is 21.8. The molecule has 0 bridgehead atoms. The van der Waals surface area contributed by atoms with Gasteiger partial charge in [-0.3, -0.25) is 4.79 Å². The molecule has 0 spiro atoms. The van der Waals surface area contributed by atoms with Gasteiger partial charge in [-0.2, -0.15) is 5.10 Å². The molecule has 30 heavy (non-hydrogen) atoms. The number of benzene rings is 2. The second kappa shape index (κ2) is 9.15. The average Bonchev–Trinajstić information content (AvgIpc) is 2.70. The van der Waals surface area contributed by atoms with Gasteiger partial charge >= 0.3 is 11.7 Å². The number of nitrogens with zero attached hydrogens (tertiary/aromatic N) is 2. The number of esters is 1. The molecule has 1 heterocycles. The van der Waals surface area contributed by atoms with Gasteiger partial charge in [-0.1, -0.05) is 35.3 Å². The van der Waals surface area contributed by atoms with Crippen molar-refractivity contribution in [1.82, 2.24) is 9.66 Å². The summed E-state index contributed by atoms with van der Waals surface area (Å²) in [7, 11) is 0. The van der Waals surface area contributed by atoms with E-state index in [4.69, 9.17) is 32.7 Å². The Morgan fingerprint density at radius 1 is 1.23 bits per heavy atom. The van der Waals surface area contributed by atoms with Crippen LogP contribution in [0.1, 0.15) is 19.4 Å². The lowest BCUT2D eigenvalue weighted by Crippen LogP contribution is -2.32. The van der Waals surface area contributed by atoms with Gasteiger partial charge in [-0.25, -0.2) is 9.59 Å². The molecule has 0 fully saturated rings. The smallest absolute Gasteiger partial charge is 0.349 e. The number of para-hydroxylation sites is 1. The first kappa shape index (κ1) is 21.6. The van der Waals surface area contributed by atoms with Gasteiger partial charge in [0.15, 0.2) is 11.9 Å². The predicted molar refractivity (Wildman–Crippen MR) is 115 cm³/mol. The van der Waals surface area contributed by atoms with Crippen LogP contribution in [0.15, 0.2) is 51.1 Å². The van der Waals surface area contributed by atoms with E-state index in [2.05, 4.69) is 10.1 Å². The Hall–Kier alpha value is -3.10. The Balaban J connectivity index is 1.91. The molecule has 10 heteroatoms. The summed E-state index contributed by atoms with van der Waals surface area (Å²) < 4.78 is 11.1. The minimum atomic E-state index is -0.908. The van der Waals surface area contributed by atoms with Crippen molar-refractivity contribution >= 4 is 46.3 Å². The van der Waals surface area contributed by atoms with Crippen molar-refractivity contribution in [2.45, 2.75) is 20.0 Å². The second-order valence-corrected chi connectivity index (χ2v) is 6.98. The molecule has 3 rings (SSSR count). The molecule has 2 aromatic carbocycles. The first-order valence-corrected chi connectivity index (χ1v) is 9.68. The zero-order valence-electron chi connectivity index (χ0n) is 16.0. The topological polar surface area (TPSA) is 103 Å². The highest BCUT2D eigenvalue weighted by atomic mass is 35.5. The van der Waals surface area contributed by atoms with Gasteiger partial charge in [0, 0.05) is 0 Å². The summed E-state index contributed by atoms with van der Waals surface area (Å²) in [5.41, 5.74) is -0.413. The Labute approximate surface area is 180 Å². The summed E-state index contributed by atoms with van der Waals surface area (Å²) in [6.45, 7) is 3.42. The lowest BCUT2D eigenvalue weighted by molar-refractivity contribution is -0.150. The molecule has 1 aromatic heterocycles. The fourth-order valence-electron chi connectivity index (χ4n) is 2.63. The number of fused-ring (bicyclic) bond motifs is 1. The van der Waals surface area contributed by atoms with Crippen LogP contribution in [0.4, 0.5) is 0 Å². The minimum absolute atomic E-state index is 0.108. The molecule has 0 amide bonds. The molecular weight excluding hydrogens is 433 g/mol. The first-order valence-electron chi connectivity index (χ1n) is 8.92. The number of ether oxygens (including phenoxy) is 2. The number of hydrogen-bond donors (Lipinski definition) is 1. The molecule has 1 N–H and O–H groups in total. The monoisotopic (exact) mass is 449 g/mol. The van der Waals surface area contributed by atoms with E-state index >= 15 is 0 Å². The van der Waals surface area contributed by atoms with Crippen molar-refractivity contribution < 1.29 is 14.3 Å². The lowest BCUT2D eigenvalue weighted by Gasteiger charge is -2.16. The molecule has 1 atom stereocenters. The van der Waals surface area contributed by atoms with Crippen LogP contribution in [0.25, 0.3) is 10.9 Å². The number of rotatable bonds is 6. The van der Waals surface area contributed by atoms with Crippen LogP contribution in [0.5, 0.6) is 5.75 Å². The summed E-state index contributed by atoms with van der Waals surface area (Å²) in [4.78, 5) is 39.0. The number of carbonyl (C=O) groups is 1. The van der Waals surface area contributed by atoms with Crippen LogP contribution in [0.3, 0.4) is 0 Å². The van der Waals surface area contributed by atoms with E-state index in [0.717, 1.165) is 0 Å². The van der Waals surface area contributed by atoms with Gasteiger partial charge in [0.2, 0.25) is 0 Å². The number of aromatic amines is 1. The maximum atomic E-state index is 12.5. The van der Waals surface area contributed by atoms with E-state index in [9.17, 15) is 14.4 Å². The van der Waals surface area contributed by atoms with E-state index in [1.54, 1.807) is 31.2 Å². The number of hydrogen-bond acceptors (Lipinski definition) is 6. The molecule has 1 unspecified atom stereocenters. The van der Waals surface area contributed by atoms with Crippen molar-refractivity contribution in [1.29, 1.82) is 0 Å². The second-order valence-electron chi connectivity index (χ2n) is 6.16. The van der Waals surface area contributed by atoms with Gasteiger partial charge in [0.05, 0.1) is 33.8 Å². The molecule has 3 aromatic rings. The third kappa shape index (κ3) is 4.55. The quantitative estimate of drug-likeness (QED) is 0.459. The van der Waals surface area contributed by atoms with Crippen LogP contribution in [0, 0.1) is 0 Å². The fourth-order valence-corrected chi connectivity index (χ4v) is 3.23. The molecule has 0 aliphatic rings. The normalized spacial score (nSPS) is 12.3. The van der Waals surface area contributed by atoms with E-state index in [0.29, 0.717) is 21.1 Å². The van der Waals surface area contributed by atoms with Crippen LogP contribution >= 0.6 is 23.2 Å². The lowest BCUT2D eigenvalue weighted by atomic mass is 10.2. The Kier molecular flexibility index (Phi) is 6.59. The Morgan fingerprint density at radius 3 is 2.57 bits per heavy atom. The third-order valence-corrected chi connectivity index (χ3v) is 4.60. The van der Waals surface area contributed by atoms with Gasteiger partial charge in [-0.05, 0) is 43.7 Å². The van der Waals surface area contributed by atoms with Crippen molar-refractivity contribution in [3.05, 3.63) is 72.8 Å². The summed E-state index contributed by atoms with van der Waals surface area (Å²) in [6, 6.07) is 9.56. The van der Waals surface area contributed by atoms with Crippen molar-refractivity contribution in [2.24, 2.45) is 5.10 Å². The largest absolute Gasteiger partial charge is 0.476 e. The first-order chi connectivity index (χ1) is 14.3. The Morgan fingerprint density at radius 2 is 1.90 bits per heavy atom. The fraction of sp³-hybridized carbons (Fsp3) is 0.200. The summed E-state index contributed by atoms with van der Waals surface area (Å²) >= 11 is 12.4. The van der Waals surface area contributed by atoms with E-state index < -0.39 is 23.3 Å². The Bertz CT molecular complexity index is 1230. The molecule has 0 saturated heterocycles. The number of nitrogens with one attached hydrogen (secondary N) is 1. The van der Waals surface area contributed by atoms with Gasteiger partial charge < -0.3 is 14.5 Å². The number of carbonyl (C=O) groups excluding carboxylic acids is 1. The number of halogens is 2. The van der Waals surface area contributed by atoms with Crippen molar-refractivity contribution in [3.63, 3.8) is 0 Å². The summed E-state index contributed by atoms with van der Waals surface area (Å²) in [5, 5.41) is 4.53. The maximum Gasteiger partial charge on any atom is 0.349 e. The van der Waals surface area contributed by atoms with Crippen molar-refractivity contribution in [3.8, 4) is 5.75 Å². The van der Waals surface area contributed by atoms with E-state index in [1.807, 2.05) is 0 Å². The molecular formula is C20H17Cl2N3O5. The van der Waals surface area contributed by atoms with Crippen LogP contribution in [0.2, 0.25) is 10.0 Å². The molecule has 156 valence electrons. The van der Waals surface area contributed by atoms with Gasteiger partial charge in [-0.15, -0.1) is 4.68 Å². The maximum absolute atomic E-state index is 12.5. The van der Waals surface area contributed by atoms with Gasteiger partial charge in [0.1, 0.15) is 0 Å². The van der Waals surface area contributed by atoms with Crippen LogP contribution in [-0.2, 0) is 9.53 Å². The highest BCUT2D eigenvalue weighted by molar-refractivity contribution is 6.37. The average molecular weight is 450 g/mol. The van der Waals surface area contributed by atoms with Crippen LogP contribution < -0.4 is 16.0 Å². The zero-order valence-corrected chi connectivity index (χ0v) is 17.5. The van der Waals surface area contributed by atoms with Crippen LogP contribution in [-0.4, -0.2) is 34.6 Å². The highest BCUT2D eigenvalue weighted by Gasteiger charge is 2.19. The highest BCUT2D eigenvalue weighted by Crippen LogP contribution is 2.34. The number of H-pyrrole nitrogens is 1. The SMILES string of the molecule is CCOC(=O)C(C)Oc1c(Cl)cc(C=Nn2c(=O)[nH]c3ccccc3c2=O)cc1Cl. The molecule has 0 aliphatic carbocycles. The van der Waals surface area contributed by atoms with E-state index in [1.165, 1.54) is 25.3 Å². The summed E-state index contributed by atoms with van der Waals surface area (Å²) in [5.74, 6) is -0.443. The van der Waals surface area contributed by atoms with Gasteiger partial charge in [0.25, 0.3) is 5.56 Å². The predicted octanol–water partition coefficient (Wildman–Crippen LogP) is 3.21. The summed E-state index contributed by atoms with van der Waals surface area (Å²) in [6.07, 6.45) is 0.357. The molecule has 8 nitrogen and oxygen atoms in total.